The van der Waals surface area contributed by atoms with Gasteiger partial charge in [-0.2, -0.15) is 0 Å². The minimum Gasteiger partial charge on any atom is -0.494 e. The van der Waals surface area contributed by atoms with Crippen molar-refractivity contribution in [1.29, 1.82) is 0 Å². The summed E-state index contributed by atoms with van der Waals surface area (Å²) in [7, 11) is 1.35. The maximum absolute atomic E-state index is 13.8. The smallest absolute Gasteiger partial charge is 0.254 e. The Hall–Kier alpha value is -2.60. The molecule has 2 amide bonds. The summed E-state index contributed by atoms with van der Waals surface area (Å²) in [6.45, 7) is 2.29. The minimum atomic E-state index is -0.624. The molecule has 0 spiro atoms. The number of benzene rings is 2. The molecule has 0 aliphatic carbocycles. The summed E-state index contributed by atoms with van der Waals surface area (Å²) in [5.41, 5.74) is 1.06. The molecule has 0 saturated carbocycles. The molecular formula is C19H20ClFN2O3. The highest BCUT2D eigenvalue weighted by Crippen LogP contribution is 2.18. The van der Waals surface area contributed by atoms with Gasteiger partial charge in [0.05, 0.1) is 13.7 Å². The van der Waals surface area contributed by atoms with Crippen molar-refractivity contribution >= 4 is 23.4 Å². The van der Waals surface area contributed by atoms with E-state index in [1.165, 1.54) is 24.1 Å². The lowest BCUT2D eigenvalue weighted by atomic mass is 10.1. The zero-order chi connectivity index (χ0) is 19.1. The molecule has 0 aromatic heterocycles. The number of nitrogens with zero attached hydrogens (tertiary/aromatic N) is 1. The Morgan fingerprint density at radius 1 is 1.19 bits per heavy atom. The van der Waals surface area contributed by atoms with E-state index < -0.39 is 11.7 Å². The number of ether oxygens (including phenoxy) is 1. The third kappa shape index (κ3) is 5.20. The summed E-state index contributed by atoms with van der Waals surface area (Å²) >= 11 is 5.82. The molecule has 0 aliphatic rings. The highest BCUT2D eigenvalue weighted by molar-refractivity contribution is 6.30. The number of amides is 2. The Kier molecular flexibility index (Phi) is 6.97. The Bertz CT molecular complexity index is 781. The van der Waals surface area contributed by atoms with Crippen LogP contribution in [0, 0.1) is 5.82 Å². The maximum Gasteiger partial charge on any atom is 0.254 e. The summed E-state index contributed by atoms with van der Waals surface area (Å²) < 4.78 is 18.6. The zero-order valence-corrected chi connectivity index (χ0v) is 15.3. The fourth-order valence-electron chi connectivity index (χ4n) is 2.34. The van der Waals surface area contributed by atoms with Crippen molar-refractivity contribution in [2.75, 3.05) is 20.2 Å². The van der Waals surface area contributed by atoms with Crippen LogP contribution in [0.3, 0.4) is 0 Å². The summed E-state index contributed by atoms with van der Waals surface area (Å²) in [5, 5.41) is 3.37. The Morgan fingerprint density at radius 3 is 2.46 bits per heavy atom. The zero-order valence-electron chi connectivity index (χ0n) is 14.6. The van der Waals surface area contributed by atoms with Gasteiger partial charge in [-0.15, -0.1) is 0 Å². The normalized spacial score (nSPS) is 10.3. The highest BCUT2D eigenvalue weighted by Gasteiger charge is 2.18. The number of nitrogens with one attached hydrogen (secondary N) is 1. The van der Waals surface area contributed by atoms with Gasteiger partial charge in [-0.05, 0) is 42.8 Å². The van der Waals surface area contributed by atoms with Gasteiger partial charge in [-0.25, -0.2) is 4.39 Å². The van der Waals surface area contributed by atoms with Gasteiger partial charge < -0.3 is 15.0 Å². The van der Waals surface area contributed by atoms with Crippen LogP contribution in [0.4, 0.5) is 4.39 Å². The second-order valence-corrected chi connectivity index (χ2v) is 6.01. The van der Waals surface area contributed by atoms with Gasteiger partial charge in [-0.3, -0.25) is 9.59 Å². The molecule has 138 valence electrons. The van der Waals surface area contributed by atoms with Crippen molar-refractivity contribution in [3.63, 3.8) is 0 Å². The standard InChI is InChI=1S/C19H20ClFN2O3/c1-3-23(19(25)14-6-9-17(26-2)16(21)10-14)12-18(24)22-11-13-4-7-15(20)8-5-13/h4-10H,3,11-12H2,1-2H3,(H,22,24). The Balaban J connectivity index is 1.96. The first kappa shape index (κ1) is 19.7. The summed E-state index contributed by atoms with van der Waals surface area (Å²) in [6, 6.07) is 11.1. The van der Waals surface area contributed by atoms with E-state index in [1.54, 1.807) is 19.1 Å². The summed E-state index contributed by atoms with van der Waals surface area (Å²) in [5.74, 6) is -1.29. The lowest BCUT2D eigenvalue weighted by Crippen LogP contribution is -2.40. The quantitative estimate of drug-likeness (QED) is 0.804. The first-order valence-electron chi connectivity index (χ1n) is 8.08. The molecule has 1 N–H and O–H groups in total. The van der Waals surface area contributed by atoms with Crippen LogP contribution >= 0.6 is 11.6 Å². The third-order valence-corrected chi connectivity index (χ3v) is 4.06. The van der Waals surface area contributed by atoms with Gasteiger partial charge >= 0.3 is 0 Å². The minimum absolute atomic E-state index is 0.0605. The third-order valence-electron chi connectivity index (χ3n) is 3.81. The van der Waals surface area contributed by atoms with Gasteiger partial charge in [0.25, 0.3) is 5.91 Å². The SMILES string of the molecule is CCN(CC(=O)NCc1ccc(Cl)cc1)C(=O)c1ccc(OC)c(F)c1. The molecule has 0 heterocycles. The molecule has 2 rings (SSSR count). The lowest BCUT2D eigenvalue weighted by Gasteiger charge is -2.20. The van der Waals surface area contributed by atoms with E-state index in [-0.39, 0.29) is 23.8 Å². The van der Waals surface area contributed by atoms with Crippen molar-refractivity contribution in [1.82, 2.24) is 10.2 Å². The van der Waals surface area contributed by atoms with Gasteiger partial charge in [0.2, 0.25) is 5.91 Å². The Labute approximate surface area is 156 Å². The van der Waals surface area contributed by atoms with Crippen LogP contribution in [0.5, 0.6) is 5.75 Å². The Morgan fingerprint density at radius 2 is 1.88 bits per heavy atom. The fraction of sp³-hybridized carbons (Fsp3) is 0.263. The van der Waals surface area contributed by atoms with Crippen molar-refractivity contribution < 1.29 is 18.7 Å². The van der Waals surface area contributed by atoms with Gasteiger partial charge in [0, 0.05) is 23.7 Å². The lowest BCUT2D eigenvalue weighted by molar-refractivity contribution is -0.121. The summed E-state index contributed by atoms with van der Waals surface area (Å²) in [6.07, 6.45) is 0. The van der Waals surface area contributed by atoms with Crippen molar-refractivity contribution in [2.45, 2.75) is 13.5 Å². The predicted octanol–water partition coefficient (Wildman–Crippen LogP) is 3.27. The second kappa shape index (κ2) is 9.20. The molecular weight excluding hydrogens is 359 g/mol. The van der Waals surface area contributed by atoms with Crippen molar-refractivity contribution in [2.24, 2.45) is 0 Å². The van der Waals surface area contributed by atoms with E-state index in [0.717, 1.165) is 11.6 Å². The van der Waals surface area contributed by atoms with Crippen LogP contribution < -0.4 is 10.1 Å². The van der Waals surface area contributed by atoms with E-state index in [0.29, 0.717) is 18.1 Å². The molecule has 5 nitrogen and oxygen atoms in total. The molecule has 0 aliphatic heterocycles. The molecule has 2 aromatic carbocycles. The number of hydrogen-bond donors (Lipinski definition) is 1. The van der Waals surface area contributed by atoms with Crippen LogP contribution in [0.1, 0.15) is 22.8 Å². The van der Waals surface area contributed by atoms with E-state index in [2.05, 4.69) is 5.32 Å². The van der Waals surface area contributed by atoms with Crippen LogP contribution in [-0.2, 0) is 11.3 Å². The number of hydrogen-bond acceptors (Lipinski definition) is 3. The molecule has 0 unspecified atom stereocenters. The van der Waals surface area contributed by atoms with Gasteiger partial charge in [0.1, 0.15) is 0 Å². The molecule has 7 heteroatoms. The predicted molar refractivity (Wildman–Crippen MR) is 97.8 cm³/mol. The van der Waals surface area contributed by atoms with Crippen LogP contribution in [0.25, 0.3) is 0 Å². The number of halogens is 2. The molecule has 26 heavy (non-hydrogen) atoms. The van der Waals surface area contributed by atoms with Crippen molar-refractivity contribution in [3.05, 3.63) is 64.4 Å². The average Bonchev–Trinajstić information content (AvgIpc) is 2.65. The van der Waals surface area contributed by atoms with Crippen LogP contribution in [0.15, 0.2) is 42.5 Å². The molecule has 0 radical (unpaired) electrons. The molecule has 0 saturated heterocycles. The summed E-state index contributed by atoms with van der Waals surface area (Å²) in [4.78, 5) is 26.0. The number of carbonyl (C=O) groups excluding carboxylic acids is 2. The molecule has 0 fully saturated rings. The van der Waals surface area contributed by atoms with Crippen LogP contribution in [0.2, 0.25) is 5.02 Å². The van der Waals surface area contributed by atoms with E-state index in [9.17, 15) is 14.0 Å². The number of rotatable bonds is 7. The first-order chi connectivity index (χ1) is 12.4. The molecule has 0 atom stereocenters. The highest BCUT2D eigenvalue weighted by atomic mass is 35.5. The van der Waals surface area contributed by atoms with E-state index in [4.69, 9.17) is 16.3 Å². The van der Waals surface area contributed by atoms with Crippen LogP contribution in [-0.4, -0.2) is 36.9 Å². The number of methoxy groups -OCH3 is 1. The second-order valence-electron chi connectivity index (χ2n) is 5.57. The molecule has 0 bridgehead atoms. The number of carbonyl (C=O) groups is 2. The fourth-order valence-corrected chi connectivity index (χ4v) is 2.47. The van der Waals surface area contributed by atoms with Gasteiger partial charge in [-0.1, -0.05) is 23.7 Å². The largest absolute Gasteiger partial charge is 0.494 e. The van der Waals surface area contributed by atoms with E-state index in [1.807, 2.05) is 12.1 Å². The van der Waals surface area contributed by atoms with E-state index >= 15 is 0 Å². The monoisotopic (exact) mass is 378 g/mol. The van der Waals surface area contributed by atoms with Crippen molar-refractivity contribution in [3.8, 4) is 5.75 Å². The average molecular weight is 379 g/mol. The maximum atomic E-state index is 13.8. The first-order valence-corrected chi connectivity index (χ1v) is 8.46. The molecule has 2 aromatic rings. The number of likely N-dealkylation sites (N-methyl/N-ethyl adjacent to an activating group) is 1. The van der Waals surface area contributed by atoms with Gasteiger partial charge in [0.15, 0.2) is 11.6 Å². The topological polar surface area (TPSA) is 58.6 Å².